The lowest BCUT2D eigenvalue weighted by molar-refractivity contribution is -0.385. The highest BCUT2D eigenvalue weighted by Gasteiger charge is 2.33. The van der Waals surface area contributed by atoms with Gasteiger partial charge in [-0.3, -0.25) is 14.9 Å². The number of hydrogen-bond acceptors (Lipinski definition) is 5. The summed E-state index contributed by atoms with van der Waals surface area (Å²) in [4.78, 5) is 21.9. The van der Waals surface area contributed by atoms with Crippen molar-refractivity contribution in [2.75, 3.05) is 0 Å². The maximum absolute atomic E-state index is 12.7. The van der Waals surface area contributed by atoms with Crippen LogP contribution in [0, 0.1) is 10.1 Å². The lowest BCUT2D eigenvalue weighted by atomic mass is 10.1. The molecule has 0 aromatic heterocycles. The number of hydrazone groups is 1. The van der Waals surface area contributed by atoms with Gasteiger partial charge in [-0.05, 0) is 24.3 Å². The van der Waals surface area contributed by atoms with Crippen LogP contribution in [0.15, 0.2) is 46.0 Å². The summed E-state index contributed by atoms with van der Waals surface area (Å²) >= 11 is 3.20. The van der Waals surface area contributed by atoms with E-state index in [0.29, 0.717) is 22.2 Å². The van der Waals surface area contributed by atoms with Gasteiger partial charge in [0.05, 0.1) is 23.1 Å². The molecule has 0 unspecified atom stereocenters. The minimum atomic E-state index is -4.73. The molecule has 2 aromatic carbocycles. The molecule has 0 aliphatic heterocycles. The topological polar surface area (TPSA) is 105 Å². The van der Waals surface area contributed by atoms with Crippen molar-refractivity contribution in [1.29, 1.82) is 0 Å². The Balaban J connectivity index is 2.12. The molecule has 0 saturated heterocycles. The summed E-state index contributed by atoms with van der Waals surface area (Å²) in [5.74, 6) is -0.863. The quantitative estimate of drug-likeness (QED) is 0.415. The summed E-state index contributed by atoms with van der Waals surface area (Å²) in [6, 6.07) is 6.45. The number of rotatable bonds is 5. The molecule has 0 saturated carbocycles. The van der Waals surface area contributed by atoms with Crippen molar-refractivity contribution in [2.24, 2.45) is 5.10 Å². The van der Waals surface area contributed by atoms with E-state index in [9.17, 15) is 33.2 Å². The van der Waals surface area contributed by atoms with E-state index in [-0.39, 0.29) is 11.3 Å². The Hall–Kier alpha value is -2.95. The standard InChI is InChI=1S/C16H11BrF3N3O4/c17-12-3-4-14(24)10(5-12)8-21-22-15(25)6-9-1-2-11(16(18,19)20)7-13(9)23(26)27/h1-5,7-8,24H,6H2,(H,22,25). The van der Waals surface area contributed by atoms with Gasteiger partial charge in [-0.1, -0.05) is 22.0 Å². The molecule has 0 aliphatic carbocycles. The number of benzene rings is 2. The third kappa shape index (κ3) is 5.51. The largest absolute Gasteiger partial charge is 0.507 e. The number of nitro groups is 1. The molecular weight excluding hydrogens is 435 g/mol. The summed E-state index contributed by atoms with van der Waals surface area (Å²) in [6.45, 7) is 0. The van der Waals surface area contributed by atoms with Gasteiger partial charge < -0.3 is 5.11 Å². The monoisotopic (exact) mass is 445 g/mol. The van der Waals surface area contributed by atoms with Crippen molar-refractivity contribution in [3.63, 3.8) is 0 Å². The van der Waals surface area contributed by atoms with Crippen molar-refractivity contribution < 1.29 is 28.0 Å². The van der Waals surface area contributed by atoms with Crippen LogP contribution in [0.1, 0.15) is 16.7 Å². The summed E-state index contributed by atoms with van der Waals surface area (Å²) in [6.07, 6.45) is -4.13. The van der Waals surface area contributed by atoms with Gasteiger partial charge >= 0.3 is 6.18 Å². The second-order valence-corrected chi connectivity index (χ2v) is 6.19. The number of nitro benzene ring substituents is 1. The minimum Gasteiger partial charge on any atom is -0.507 e. The number of halogens is 4. The Morgan fingerprint density at radius 2 is 2.00 bits per heavy atom. The van der Waals surface area contributed by atoms with E-state index >= 15 is 0 Å². The fraction of sp³-hybridized carbons (Fsp3) is 0.125. The maximum Gasteiger partial charge on any atom is 0.416 e. The number of amides is 1. The first-order valence-corrected chi connectivity index (χ1v) is 8.02. The van der Waals surface area contributed by atoms with E-state index in [1.54, 1.807) is 6.07 Å². The molecule has 2 rings (SSSR count). The van der Waals surface area contributed by atoms with E-state index in [1.165, 1.54) is 12.1 Å². The first-order chi connectivity index (χ1) is 12.6. The number of phenols is 1. The molecule has 27 heavy (non-hydrogen) atoms. The lowest BCUT2D eigenvalue weighted by Crippen LogP contribution is -2.20. The van der Waals surface area contributed by atoms with E-state index in [1.807, 2.05) is 0 Å². The Morgan fingerprint density at radius 3 is 2.63 bits per heavy atom. The van der Waals surface area contributed by atoms with Gasteiger partial charge in [0.1, 0.15) is 5.75 Å². The smallest absolute Gasteiger partial charge is 0.416 e. The second kappa shape index (κ2) is 8.16. The number of alkyl halides is 3. The molecule has 0 aliphatic rings. The van der Waals surface area contributed by atoms with Gasteiger partial charge in [-0.15, -0.1) is 0 Å². The lowest BCUT2D eigenvalue weighted by Gasteiger charge is -2.08. The third-order valence-electron chi connectivity index (χ3n) is 3.34. The Labute approximate surface area is 158 Å². The van der Waals surface area contributed by atoms with Crippen LogP contribution in [0.5, 0.6) is 5.75 Å². The van der Waals surface area contributed by atoms with Gasteiger partial charge in [0, 0.05) is 21.7 Å². The van der Waals surface area contributed by atoms with Crippen LogP contribution < -0.4 is 5.43 Å². The van der Waals surface area contributed by atoms with Crippen molar-refractivity contribution in [3.05, 3.63) is 67.7 Å². The molecule has 0 atom stereocenters. The Bertz CT molecular complexity index is 916. The number of hydrogen-bond donors (Lipinski definition) is 2. The highest BCUT2D eigenvalue weighted by atomic mass is 79.9. The molecule has 0 fully saturated rings. The molecule has 0 heterocycles. The minimum absolute atomic E-state index is 0.0884. The molecule has 2 aromatic rings. The fourth-order valence-electron chi connectivity index (χ4n) is 2.07. The summed E-state index contributed by atoms with van der Waals surface area (Å²) < 4.78 is 38.7. The van der Waals surface area contributed by atoms with Gasteiger partial charge in [-0.25, -0.2) is 5.43 Å². The van der Waals surface area contributed by atoms with E-state index in [2.05, 4.69) is 26.5 Å². The molecule has 1 amide bonds. The third-order valence-corrected chi connectivity index (χ3v) is 3.84. The van der Waals surface area contributed by atoms with Crippen LogP contribution >= 0.6 is 15.9 Å². The summed E-state index contributed by atoms with van der Waals surface area (Å²) in [5, 5.41) is 24.2. The maximum atomic E-state index is 12.7. The zero-order valence-electron chi connectivity index (χ0n) is 13.3. The molecule has 11 heteroatoms. The van der Waals surface area contributed by atoms with Crippen LogP contribution in [0.4, 0.5) is 18.9 Å². The first kappa shape index (κ1) is 20.4. The molecule has 142 valence electrons. The van der Waals surface area contributed by atoms with Gasteiger partial charge in [-0.2, -0.15) is 18.3 Å². The van der Waals surface area contributed by atoms with Crippen molar-refractivity contribution in [3.8, 4) is 5.75 Å². The van der Waals surface area contributed by atoms with E-state index in [0.717, 1.165) is 12.3 Å². The fourth-order valence-corrected chi connectivity index (χ4v) is 2.45. The van der Waals surface area contributed by atoms with Gasteiger partial charge in [0.15, 0.2) is 0 Å². The number of carbonyl (C=O) groups is 1. The number of phenolic OH excluding ortho intramolecular Hbond substituents is 1. The highest BCUT2D eigenvalue weighted by molar-refractivity contribution is 9.10. The Kier molecular flexibility index (Phi) is 6.16. The average molecular weight is 446 g/mol. The SMILES string of the molecule is O=C(Cc1ccc(C(F)(F)F)cc1[N+](=O)[O-])NN=Cc1cc(Br)ccc1O. The average Bonchev–Trinajstić information content (AvgIpc) is 2.57. The van der Waals surface area contributed by atoms with Crippen molar-refractivity contribution in [1.82, 2.24) is 5.43 Å². The van der Waals surface area contributed by atoms with Crippen LogP contribution in [0.2, 0.25) is 0 Å². The molecular formula is C16H11BrF3N3O4. The van der Waals surface area contributed by atoms with Crippen LogP contribution in [-0.4, -0.2) is 22.2 Å². The van der Waals surface area contributed by atoms with Crippen molar-refractivity contribution in [2.45, 2.75) is 12.6 Å². The Morgan fingerprint density at radius 1 is 1.30 bits per heavy atom. The molecule has 7 nitrogen and oxygen atoms in total. The number of nitrogens with one attached hydrogen (secondary N) is 1. The van der Waals surface area contributed by atoms with E-state index in [4.69, 9.17) is 0 Å². The first-order valence-electron chi connectivity index (χ1n) is 7.23. The number of carbonyl (C=O) groups excluding carboxylic acids is 1. The zero-order chi connectivity index (χ0) is 20.2. The predicted octanol–water partition coefficient (Wildman–Crippen LogP) is 3.77. The molecule has 2 N–H and O–H groups in total. The normalized spacial score (nSPS) is 11.6. The molecule has 0 spiro atoms. The summed E-state index contributed by atoms with van der Waals surface area (Å²) in [7, 11) is 0. The van der Waals surface area contributed by atoms with Crippen LogP contribution in [0.3, 0.4) is 0 Å². The number of aromatic hydroxyl groups is 1. The summed E-state index contributed by atoms with van der Waals surface area (Å²) in [5.41, 5.74) is 0.214. The molecule has 0 bridgehead atoms. The van der Waals surface area contributed by atoms with E-state index < -0.39 is 34.7 Å². The second-order valence-electron chi connectivity index (χ2n) is 5.27. The zero-order valence-corrected chi connectivity index (χ0v) is 14.9. The van der Waals surface area contributed by atoms with Crippen molar-refractivity contribution >= 4 is 33.7 Å². The van der Waals surface area contributed by atoms with Gasteiger partial charge in [0.2, 0.25) is 5.91 Å². The van der Waals surface area contributed by atoms with Crippen LogP contribution in [-0.2, 0) is 17.4 Å². The number of nitrogens with zero attached hydrogens (tertiary/aromatic N) is 2. The highest BCUT2D eigenvalue weighted by Crippen LogP contribution is 2.33. The predicted molar refractivity (Wildman–Crippen MR) is 93.3 cm³/mol. The van der Waals surface area contributed by atoms with Gasteiger partial charge in [0.25, 0.3) is 5.69 Å². The van der Waals surface area contributed by atoms with Crippen LogP contribution in [0.25, 0.3) is 0 Å². The molecule has 0 radical (unpaired) electrons.